The first-order chi connectivity index (χ1) is 13.5. The molecule has 0 saturated carbocycles. The number of para-hydroxylation sites is 1. The van der Waals surface area contributed by atoms with Gasteiger partial charge in [0.15, 0.2) is 5.16 Å². The molecule has 0 saturated heterocycles. The quantitative estimate of drug-likeness (QED) is 0.489. The number of thioether (sulfide) groups is 1. The van der Waals surface area contributed by atoms with Crippen LogP contribution < -0.4 is 15.6 Å². The standard InChI is InChI=1S/C21H23N3O3S/c1-4-24-20(26)17-7-5-6-8-18(17)23-21(24)28-14(2)19(25)22-13-15-9-11-16(27-3)12-10-15/h5-12,14H,4,13H2,1-3H3,(H,22,25)/t14-/m1/s1. The lowest BCUT2D eigenvalue weighted by Crippen LogP contribution is -2.31. The lowest BCUT2D eigenvalue weighted by atomic mass is 10.2. The summed E-state index contributed by atoms with van der Waals surface area (Å²) >= 11 is 1.29. The molecule has 2 aromatic carbocycles. The van der Waals surface area contributed by atoms with Crippen molar-refractivity contribution < 1.29 is 9.53 Å². The fraction of sp³-hybridized carbons (Fsp3) is 0.286. The number of nitrogens with one attached hydrogen (secondary N) is 1. The van der Waals surface area contributed by atoms with E-state index in [4.69, 9.17) is 4.74 Å². The van der Waals surface area contributed by atoms with Crippen LogP contribution in [0.15, 0.2) is 58.5 Å². The molecule has 1 atom stereocenters. The van der Waals surface area contributed by atoms with Crippen molar-refractivity contribution in [1.29, 1.82) is 0 Å². The van der Waals surface area contributed by atoms with Gasteiger partial charge in [0.2, 0.25) is 5.91 Å². The van der Waals surface area contributed by atoms with Crippen molar-refractivity contribution in [2.75, 3.05) is 7.11 Å². The van der Waals surface area contributed by atoms with Crippen LogP contribution in [0.1, 0.15) is 19.4 Å². The van der Waals surface area contributed by atoms with Crippen LogP contribution >= 0.6 is 11.8 Å². The Kier molecular flexibility index (Phi) is 6.36. The molecule has 0 radical (unpaired) electrons. The predicted octanol–water partition coefficient (Wildman–Crippen LogP) is 3.22. The second-order valence-corrected chi connectivity index (χ2v) is 7.59. The molecule has 0 aliphatic carbocycles. The van der Waals surface area contributed by atoms with Crippen molar-refractivity contribution in [3.05, 3.63) is 64.4 Å². The zero-order valence-corrected chi connectivity index (χ0v) is 17.0. The SMILES string of the molecule is CCn1c(S[C@H](C)C(=O)NCc2ccc(OC)cc2)nc2ccccc2c1=O. The summed E-state index contributed by atoms with van der Waals surface area (Å²) < 4.78 is 6.75. The highest BCUT2D eigenvalue weighted by molar-refractivity contribution is 8.00. The number of rotatable bonds is 7. The molecule has 1 heterocycles. The van der Waals surface area contributed by atoms with Crippen molar-refractivity contribution in [3.63, 3.8) is 0 Å². The number of aromatic nitrogens is 2. The fourth-order valence-corrected chi connectivity index (χ4v) is 3.80. The molecule has 146 valence electrons. The van der Waals surface area contributed by atoms with Gasteiger partial charge in [0, 0.05) is 13.1 Å². The van der Waals surface area contributed by atoms with Gasteiger partial charge in [-0.25, -0.2) is 4.98 Å². The van der Waals surface area contributed by atoms with Gasteiger partial charge in [0.1, 0.15) is 5.75 Å². The Morgan fingerprint density at radius 3 is 2.61 bits per heavy atom. The van der Waals surface area contributed by atoms with Gasteiger partial charge < -0.3 is 10.1 Å². The minimum atomic E-state index is -0.385. The molecule has 0 fully saturated rings. The molecule has 0 aliphatic heterocycles. The predicted molar refractivity (Wildman–Crippen MR) is 112 cm³/mol. The number of carbonyl (C=O) groups excluding carboxylic acids is 1. The Morgan fingerprint density at radius 1 is 1.21 bits per heavy atom. The summed E-state index contributed by atoms with van der Waals surface area (Å²) in [5, 5.41) is 3.69. The van der Waals surface area contributed by atoms with Crippen molar-refractivity contribution in [1.82, 2.24) is 14.9 Å². The van der Waals surface area contributed by atoms with E-state index in [9.17, 15) is 9.59 Å². The number of nitrogens with zero attached hydrogens (tertiary/aromatic N) is 2. The third kappa shape index (κ3) is 4.36. The van der Waals surface area contributed by atoms with Gasteiger partial charge in [-0.05, 0) is 43.7 Å². The van der Waals surface area contributed by atoms with E-state index in [-0.39, 0.29) is 16.7 Å². The van der Waals surface area contributed by atoms with Crippen LogP contribution in [0.25, 0.3) is 10.9 Å². The van der Waals surface area contributed by atoms with Gasteiger partial charge in [0.25, 0.3) is 5.56 Å². The molecule has 3 aromatic rings. The van der Waals surface area contributed by atoms with E-state index in [1.54, 1.807) is 17.7 Å². The summed E-state index contributed by atoms with van der Waals surface area (Å²) in [7, 11) is 1.62. The molecule has 7 heteroatoms. The molecular weight excluding hydrogens is 374 g/mol. The number of hydrogen-bond donors (Lipinski definition) is 1. The first-order valence-corrected chi connectivity index (χ1v) is 9.98. The van der Waals surface area contributed by atoms with Gasteiger partial charge in [-0.15, -0.1) is 0 Å². The zero-order valence-electron chi connectivity index (χ0n) is 16.1. The molecule has 1 amide bonds. The van der Waals surface area contributed by atoms with Gasteiger partial charge in [-0.3, -0.25) is 14.2 Å². The van der Waals surface area contributed by atoms with Gasteiger partial charge in [0.05, 0.1) is 23.3 Å². The van der Waals surface area contributed by atoms with Gasteiger partial charge >= 0.3 is 0 Å². The maximum Gasteiger partial charge on any atom is 0.262 e. The van der Waals surface area contributed by atoms with Gasteiger partial charge in [-0.1, -0.05) is 36.0 Å². The monoisotopic (exact) mass is 397 g/mol. The van der Waals surface area contributed by atoms with E-state index >= 15 is 0 Å². The molecule has 0 spiro atoms. The van der Waals surface area contributed by atoms with E-state index in [0.717, 1.165) is 11.3 Å². The molecule has 0 aliphatic rings. The molecular formula is C21H23N3O3S. The first kappa shape index (κ1) is 19.9. The number of fused-ring (bicyclic) bond motifs is 1. The van der Waals surface area contributed by atoms with E-state index in [1.165, 1.54) is 11.8 Å². The highest BCUT2D eigenvalue weighted by Gasteiger charge is 2.18. The fourth-order valence-electron chi connectivity index (χ4n) is 2.80. The van der Waals surface area contributed by atoms with Crippen LogP contribution in [-0.2, 0) is 17.9 Å². The lowest BCUT2D eigenvalue weighted by Gasteiger charge is -2.15. The number of benzene rings is 2. The van der Waals surface area contributed by atoms with Crippen molar-refractivity contribution in [2.24, 2.45) is 0 Å². The van der Waals surface area contributed by atoms with Crippen molar-refractivity contribution in [3.8, 4) is 5.75 Å². The highest BCUT2D eigenvalue weighted by Crippen LogP contribution is 2.22. The number of ether oxygens (including phenoxy) is 1. The van der Waals surface area contributed by atoms with Crippen molar-refractivity contribution in [2.45, 2.75) is 37.3 Å². The number of amides is 1. The summed E-state index contributed by atoms with van der Waals surface area (Å²) in [5.41, 5.74) is 1.55. The molecule has 0 bridgehead atoms. The van der Waals surface area contributed by atoms with E-state index in [1.807, 2.05) is 56.3 Å². The van der Waals surface area contributed by atoms with Crippen LogP contribution in [0.2, 0.25) is 0 Å². The zero-order chi connectivity index (χ0) is 20.1. The lowest BCUT2D eigenvalue weighted by molar-refractivity contribution is -0.120. The minimum Gasteiger partial charge on any atom is -0.497 e. The Balaban J connectivity index is 1.71. The van der Waals surface area contributed by atoms with E-state index in [0.29, 0.717) is 29.1 Å². The van der Waals surface area contributed by atoms with Crippen LogP contribution in [0.3, 0.4) is 0 Å². The second-order valence-electron chi connectivity index (χ2n) is 6.29. The molecule has 1 N–H and O–H groups in total. The van der Waals surface area contributed by atoms with E-state index in [2.05, 4.69) is 10.3 Å². The maximum absolute atomic E-state index is 12.7. The molecule has 6 nitrogen and oxygen atoms in total. The average Bonchev–Trinajstić information content (AvgIpc) is 2.72. The van der Waals surface area contributed by atoms with E-state index < -0.39 is 0 Å². The Bertz CT molecular complexity index is 1030. The molecule has 28 heavy (non-hydrogen) atoms. The first-order valence-electron chi connectivity index (χ1n) is 9.10. The Morgan fingerprint density at radius 2 is 1.93 bits per heavy atom. The van der Waals surface area contributed by atoms with Crippen LogP contribution in [0.4, 0.5) is 0 Å². The minimum absolute atomic E-state index is 0.0820. The summed E-state index contributed by atoms with van der Waals surface area (Å²) in [5.74, 6) is 0.671. The van der Waals surface area contributed by atoms with Crippen molar-refractivity contribution >= 4 is 28.6 Å². The maximum atomic E-state index is 12.7. The van der Waals surface area contributed by atoms with Crippen LogP contribution in [0.5, 0.6) is 5.75 Å². The molecule has 1 aromatic heterocycles. The van der Waals surface area contributed by atoms with Crippen LogP contribution in [0, 0.1) is 0 Å². The summed E-state index contributed by atoms with van der Waals surface area (Å²) in [6.45, 7) is 4.64. The molecule has 3 rings (SSSR count). The Labute approximate surface area is 167 Å². The number of carbonyl (C=O) groups is 1. The second kappa shape index (κ2) is 8.93. The number of hydrogen-bond acceptors (Lipinski definition) is 5. The third-order valence-electron chi connectivity index (χ3n) is 4.42. The third-order valence-corrected chi connectivity index (χ3v) is 5.51. The summed E-state index contributed by atoms with van der Waals surface area (Å²) in [4.78, 5) is 29.8. The Hall–Kier alpha value is -2.80. The highest BCUT2D eigenvalue weighted by atomic mass is 32.2. The summed E-state index contributed by atoms with van der Waals surface area (Å²) in [6.07, 6.45) is 0. The van der Waals surface area contributed by atoms with Crippen LogP contribution in [-0.4, -0.2) is 27.8 Å². The normalized spacial score (nSPS) is 12.0. The smallest absolute Gasteiger partial charge is 0.262 e. The number of methoxy groups -OCH3 is 1. The topological polar surface area (TPSA) is 73.2 Å². The average molecular weight is 398 g/mol. The largest absolute Gasteiger partial charge is 0.497 e. The van der Waals surface area contributed by atoms with Gasteiger partial charge in [-0.2, -0.15) is 0 Å². The summed E-state index contributed by atoms with van der Waals surface area (Å²) in [6, 6.07) is 14.8. The molecule has 0 unspecified atom stereocenters.